The summed E-state index contributed by atoms with van der Waals surface area (Å²) in [6.07, 6.45) is 4.43. The van der Waals surface area contributed by atoms with E-state index in [1.165, 1.54) is 18.3 Å². The molecule has 1 heterocycles. The molecule has 1 aliphatic rings. The van der Waals surface area contributed by atoms with Crippen LogP contribution in [0, 0.1) is 17.1 Å². The highest BCUT2D eigenvalue weighted by atomic mass is 19.1. The number of carbonyl (C=O) groups is 1. The largest absolute Gasteiger partial charge is 0.487 e. The zero-order chi connectivity index (χ0) is 21.0. The number of nitriles is 1. The molecule has 0 radical (unpaired) electrons. The van der Waals surface area contributed by atoms with Gasteiger partial charge >= 0.3 is 0 Å². The average molecular weight is 401 g/mol. The molecule has 1 aliphatic carbocycles. The molecular formula is C24H20FN3O2. The van der Waals surface area contributed by atoms with Gasteiger partial charge in [0.1, 0.15) is 18.2 Å². The van der Waals surface area contributed by atoms with Gasteiger partial charge in [-0.1, -0.05) is 30.3 Å². The van der Waals surface area contributed by atoms with Gasteiger partial charge < -0.3 is 10.1 Å². The first-order chi connectivity index (χ1) is 14.6. The minimum atomic E-state index is -0.535. The Morgan fingerprint density at radius 3 is 2.60 bits per heavy atom. The normalized spacial score (nSPS) is 14.3. The number of hydrogen-bond acceptors (Lipinski definition) is 4. The number of nitrogens with zero attached hydrogens (tertiary/aromatic N) is 2. The Labute approximate surface area is 174 Å². The summed E-state index contributed by atoms with van der Waals surface area (Å²) in [5, 5.41) is 12.1. The minimum absolute atomic E-state index is 0.101. The standard InChI is InChI=1S/C24H20FN3O2/c25-20-11-17(14-26)12-22(13-20)30-16-21-8-7-18(15-27-21)23(29)28-24(9-4-10-24)19-5-2-1-3-6-19/h1-3,5-8,11-13,15H,4,9-10,16H2,(H,28,29). The van der Waals surface area contributed by atoms with Gasteiger partial charge in [0.25, 0.3) is 5.91 Å². The third-order valence-electron chi connectivity index (χ3n) is 5.36. The van der Waals surface area contributed by atoms with Crippen LogP contribution < -0.4 is 10.1 Å². The van der Waals surface area contributed by atoms with Crippen LogP contribution in [0.3, 0.4) is 0 Å². The second-order valence-corrected chi connectivity index (χ2v) is 7.37. The van der Waals surface area contributed by atoms with Crippen molar-refractivity contribution in [3.8, 4) is 11.8 Å². The van der Waals surface area contributed by atoms with Crippen LogP contribution in [0.25, 0.3) is 0 Å². The molecule has 0 unspecified atom stereocenters. The fourth-order valence-electron chi connectivity index (χ4n) is 3.57. The summed E-state index contributed by atoms with van der Waals surface area (Å²) in [7, 11) is 0. The lowest BCUT2D eigenvalue weighted by Gasteiger charge is -2.43. The highest BCUT2D eigenvalue weighted by Crippen LogP contribution is 2.41. The molecule has 1 aromatic heterocycles. The molecule has 4 rings (SSSR count). The van der Waals surface area contributed by atoms with Gasteiger partial charge in [-0.15, -0.1) is 0 Å². The number of amides is 1. The van der Waals surface area contributed by atoms with E-state index in [4.69, 9.17) is 10.00 Å². The minimum Gasteiger partial charge on any atom is -0.487 e. The molecule has 0 saturated heterocycles. The lowest BCUT2D eigenvalue weighted by Crippen LogP contribution is -2.50. The summed E-state index contributed by atoms with van der Waals surface area (Å²) in [4.78, 5) is 17.1. The van der Waals surface area contributed by atoms with Crippen LogP contribution in [0.5, 0.6) is 5.75 Å². The van der Waals surface area contributed by atoms with Crippen molar-refractivity contribution < 1.29 is 13.9 Å². The second kappa shape index (κ2) is 8.34. The van der Waals surface area contributed by atoms with Crippen LogP contribution in [0.1, 0.15) is 46.4 Å². The van der Waals surface area contributed by atoms with Crippen molar-refractivity contribution in [1.29, 1.82) is 5.26 Å². The maximum Gasteiger partial charge on any atom is 0.253 e. The number of rotatable bonds is 6. The summed E-state index contributed by atoms with van der Waals surface area (Å²) in [6.45, 7) is 0.101. The van der Waals surface area contributed by atoms with Crippen LogP contribution >= 0.6 is 0 Å². The lowest BCUT2D eigenvalue weighted by molar-refractivity contribution is 0.0823. The Bertz CT molecular complexity index is 1090. The van der Waals surface area contributed by atoms with Gasteiger partial charge in [0.2, 0.25) is 0 Å². The SMILES string of the molecule is N#Cc1cc(F)cc(OCc2ccc(C(=O)NC3(c4ccccc4)CCC3)cn2)c1. The van der Waals surface area contributed by atoms with Crippen LogP contribution in [-0.2, 0) is 12.1 Å². The molecule has 30 heavy (non-hydrogen) atoms. The number of ether oxygens (including phenoxy) is 1. The molecule has 0 aliphatic heterocycles. The number of carbonyl (C=O) groups excluding carboxylic acids is 1. The third-order valence-corrected chi connectivity index (χ3v) is 5.36. The van der Waals surface area contributed by atoms with E-state index in [1.807, 2.05) is 36.4 Å². The predicted molar refractivity (Wildman–Crippen MR) is 109 cm³/mol. The smallest absolute Gasteiger partial charge is 0.253 e. The van der Waals surface area contributed by atoms with E-state index < -0.39 is 5.82 Å². The predicted octanol–water partition coefficient (Wildman–Crippen LogP) is 4.48. The maximum absolute atomic E-state index is 13.5. The zero-order valence-corrected chi connectivity index (χ0v) is 16.3. The molecular weight excluding hydrogens is 381 g/mol. The Kier molecular flexibility index (Phi) is 5.44. The number of benzene rings is 2. The van der Waals surface area contributed by atoms with E-state index in [0.717, 1.165) is 30.9 Å². The Morgan fingerprint density at radius 2 is 1.97 bits per heavy atom. The van der Waals surface area contributed by atoms with Crippen molar-refractivity contribution in [2.24, 2.45) is 0 Å². The number of halogens is 1. The molecule has 1 amide bonds. The Hall–Kier alpha value is -3.72. The summed E-state index contributed by atoms with van der Waals surface area (Å²) >= 11 is 0. The summed E-state index contributed by atoms with van der Waals surface area (Å²) < 4.78 is 19.0. The molecule has 5 nitrogen and oxygen atoms in total. The van der Waals surface area contributed by atoms with E-state index >= 15 is 0 Å². The molecule has 3 aromatic rings. The first-order valence-corrected chi connectivity index (χ1v) is 9.74. The number of hydrogen-bond donors (Lipinski definition) is 1. The van der Waals surface area contributed by atoms with Crippen LogP contribution in [0.15, 0.2) is 66.9 Å². The van der Waals surface area contributed by atoms with Crippen molar-refractivity contribution in [1.82, 2.24) is 10.3 Å². The highest BCUT2D eigenvalue weighted by Gasteiger charge is 2.40. The first kappa shape index (κ1) is 19.6. The molecule has 2 aromatic carbocycles. The van der Waals surface area contributed by atoms with Crippen molar-refractivity contribution >= 4 is 5.91 Å². The van der Waals surface area contributed by atoms with Crippen molar-refractivity contribution in [2.75, 3.05) is 0 Å². The molecule has 1 saturated carbocycles. The second-order valence-electron chi connectivity index (χ2n) is 7.37. The number of nitrogens with one attached hydrogen (secondary N) is 1. The van der Waals surface area contributed by atoms with Gasteiger partial charge in [-0.25, -0.2) is 4.39 Å². The Balaban J connectivity index is 1.40. The van der Waals surface area contributed by atoms with Crippen molar-refractivity contribution in [2.45, 2.75) is 31.4 Å². The van der Waals surface area contributed by atoms with Gasteiger partial charge in [-0.05, 0) is 49.1 Å². The average Bonchev–Trinajstić information content (AvgIpc) is 2.75. The molecule has 6 heteroatoms. The monoisotopic (exact) mass is 401 g/mol. The van der Waals surface area contributed by atoms with E-state index in [9.17, 15) is 9.18 Å². The van der Waals surface area contributed by atoms with Gasteiger partial charge in [0.05, 0.1) is 28.4 Å². The van der Waals surface area contributed by atoms with E-state index in [1.54, 1.807) is 12.1 Å². The van der Waals surface area contributed by atoms with Gasteiger partial charge in [0, 0.05) is 12.3 Å². The topological polar surface area (TPSA) is 75.0 Å². The number of pyridine rings is 1. The van der Waals surface area contributed by atoms with Crippen LogP contribution in [0.2, 0.25) is 0 Å². The summed E-state index contributed by atoms with van der Waals surface area (Å²) in [5.74, 6) is -0.445. The van der Waals surface area contributed by atoms with E-state index in [2.05, 4.69) is 10.3 Å². The Morgan fingerprint density at radius 1 is 1.17 bits per heavy atom. The van der Waals surface area contributed by atoms with Crippen molar-refractivity contribution in [3.63, 3.8) is 0 Å². The highest BCUT2D eigenvalue weighted by molar-refractivity contribution is 5.94. The molecule has 1 N–H and O–H groups in total. The summed E-state index contributed by atoms with van der Waals surface area (Å²) in [6, 6.07) is 19.1. The maximum atomic E-state index is 13.5. The quantitative estimate of drug-likeness (QED) is 0.661. The van der Waals surface area contributed by atoms with Gasteiger partial charge in [-0.3, -0.25) is 9.78 Å². The first-order valence-electron chi connectivity index (χ1n) is 9.74. The van der Waals surface area contributed by atoms with Gasteiger partial charge in [-0.2, -0.15) is 5.26 Å². The van der Waals surface area contributed by atoms with E-state index in [-0.39, 0.29) is 29.4 Å². The van der Waals surface area contributed by atoms with Crippen molar-refractivity contribution in [3.05, 3.63) is 95.1 Å². The lowest BCUT2D eigenvalue weighted by atomic mass is 9.71. The molecule has 0 bridgehead atoms. The zero-order valence-electron chi connectivity index (χ0n) is 16.3. The van der Waals surface area contributed by atoms with Crippen LogP contribution in [0.4, 0.5) is 4.39 Å². The third kappa shape index (κ3) is 4.15. The van der Waals surface area contributed by atoms with Crippen LogP contribution in [-0.4, -0.2) is 10.9 Å². The molecule has 1 fully saturated rings. The molecule has 0 spiro atoms. The fraction of sp³-hybridized carbons (Fsp3) is 0.208. The van der Waals surface area contributed by atoms with Gasteiger partial charge in [0.15, 0.2) is 0 Å². The number of aromatic nitrogens is 1. The molecule has 0 atom stereocenters. The molecule has 150 valence electrons. The van der Waals surface area contributed by atoms with E-state index in [0.29, 0.717) is 11.3 Å². The summed E-state index contributed by atoms with van der Waals surface area (Å²) in [5.41, 5.74) is 2.06. The fourth-order valence-corrected chi connectivity index (χ4v) is 3.57.